The lowest BCUT2D eigenvalue weighted by Crippen LogP contribution is -2.10. The molecule has 18 heavy (non-hydrogen) atoms. The van der Waals surface area contributed by atoms with Crippen molar-refractivity contribution in [3.05, 3.63) is 64.8 Å². The number of benzene rings is 1. The smallest absolute Gasteiger partial charge is 0.257 e. The van der Waals surface area contributed by atoms with E-state index in [1.54, 1.807) is 12.5 Å². The maximum absolute atomic E-state index is 11.8. The number of aromatic nitrogens is 1. The van der Waals surface area contributed by atoms with Crippen molar-refractivity contribution < 1.29 is 4.42 Å². The van der Waals surface area contributed by atoms with E-state index in [0.29, 0.717) is 17.7 Å². The molecular formula is C14H12N2O2. The third-order valence-electron chi connectivity index (χ3n) is 2.82. The Kier molecular flexibility index (Phi) is 2.61. The lowest BCUT2D eigenvalue weighted by Gasteiger charge is -2.05. The minimum absolute atomic E-state index is 0.0807. The van der Waals surface area contributed by atoms with E-state index in [0.717, 1.165) is 10.9 Å². The summed E-state index contributed by atoms with van der Waals surface area (Å²) in [6, 6.07) is 11.3. The van der Waals surface area contributed by atoms with Crippen molar-refractivity contribution in [3.63, 3.8) is 0 Å². The summed E-state index contributed by atoms with van der Waals surface area (Å²) in [7, 11) is 0. The molecule has 0 unspecified atom stereocenters. The topological polar surface area (TPSA) is 58.0 Å². The average Bonchev–Trinajstić information content (AvgIpc) is 2.90. The molecule has 3 aromatic rings. The van der Waals surface area contributed by atoms with Gasteiger partial charge in [0.1, 0.15) is 5.82 Å². The maximum Gasteiger partial charge on any atom is 0.257 e. The zero-order valence-electron chi connectivity index (χ0n) is 9.64. The van der Waals surface area contributed by atoms with Crippen LogP contribution in [0, 0.1) is 0 Å². The average molecular weight is 240 g/mol. The highest BCUT2D eigenvalue weighted by atomic mass is 16.3. The van der Waals surface area contributed by atoms with Gasteiger partial charge in [-0.25, -0.2) is 0 Å². The van der Waals surface area contributed by atoms with E-state index in [1.165, 1.54) is 0 Å². The molecule has 3 rings (SSSR count). The van der Waals surface area contributed by atoms with Crippen LogP contribution in [0.3, 0.4) is 0 Å². The second-order valence-electron chi connectivity index (χ2n) is 4.08. The van der Waals surface area contributed by atoms with Gasteiger partial charge in [-0.3, -0.25) is 4.79 Å². The predicted molar refractivity (Wildman–Crippen MR) is 70.6 cm³/mol. The number of pyridine rings is 1. The Hall–Kier alpha value is -2.49. The number of H-pyrrole nitrogens is 1. The predicted octanol–water partition coefficient (Wildman–Crippen LogP) is 2.73. The summed E-state index contributed by atoms with van der Waals surface area (Å²) in [6.45, 7) is 0.616. The number of hydrogen-bond donors (Lipinski definition) is 2. The first kappa shape index (κ1) is 10.7. The van der Waals surface area contributed by atoms with Crippen LogP contribution in [-0.2, 0) is 6.54 Å². The summed E-state index contributed by atoms with van der Waals surface area (Å²) in [5.41, 5.74) is 0.951. The first-order valence-corrected chi connectivity index (χ1v) is 5.70. The Bertz CT molecular complexity index is 714. The Morgan fingerprint density at radius 3 is 2.94 bits per heavy atom. The Labute approximate surface area is 103 Å². The summed E-state index contributed by atoms with van der Waals surface area (Å²) < 4.78 is 4.98. The second-order valence-corrected chi connectivity index (χ2v) is 4.08. The molecule has 0 atom stereocenters. The van der Waals surface area contributed by atoms with Crippen molar-refractivity contribution in [1.82, 2.24) is 4.98 Å². The van der Waals surface area contributed by atoms with Crippen LogP contribution in [0.2, 0.25) is 0 Å². The summed E-state index contributed by atoms with van der Waals surface area (Å²) in [5.74, 6) is 0.708. The largest absolute Gasteiger partial charge is 0.472 e. The van der Waals surface area contributed by atoms with Crippen LogP contribution in [0.15, 0.2) is 58.1 Å². The molecule has 2 aromatic heterocycles. The number of aromatic amines is 1. The molecule has 0 saturated heterocycles. The van der Waals surface area contributed by atoms with Gasteiger partial charge in [-0.05, 0) is 23.6 Å². The molecule has 0 bridgehead atoms. The minimum Gasteiger partial charge on any atom is -0.472 e. The van der Waals surface area contributed by atoms with Gasteiger partial charge in [0.25, 0.3) is 5.56 Å². The fourth-order valence-electron chi connectivity index (χ4n) is 1.90. The van der Waals surface area contributed by atoms with E-state index in [-0.39, 0.29) is 5.56 Å². The zero-order valence-corrected chi connectivity index (χ0v) is 9.64. The summed E-state index contributed by atoms with van der Waals surface area (Å²) in [5, 5.41) is 4.79. The van der Waals surface area contributed by atoms with Crippen molar-refractivity contribution in [2.24, 2.45) is 0 Å². The quantitative estimate of drug-likeness (QED) is 0.740. The van der Waals surface area contributed by atoms with Crippen LogP contribution < -0.4 is 10.9 Å². The number of hydrogen-bond acceptors (Lipinski definition) is 3. The van der Waals surface area contributed by atoms with E-state index < -0.39 is 0 Å². The van der Waals surface area contributed by atoms with E-state index in [4.69, 9.17) is 4.42 Å². The normalized spacial score (nSPS) is 10.7. The second kappa shape index (κ2) is 4.41. The number of rotatable bonds is 3. The van der Waals surface area contributed by atoms with Gasteiger partial charge in [-0.1, -0.05) is 18.2 Å². The van der Waals surface area contributed by atoms with Gasteiger partial charge in [0, 0.05) is 17.5 Å². The van der Waals surface area contributed by atoms with Gasteiger partial charge < -0.3 is 14.7 Å². The summed E-state index contributed by atoms with van der Waals surface area (Å²) in [4.78, 5) is 14.7. The molecule has 2 heterocycles. The first-order chi connectivity index (χ1) is 8.83. The highest BCUT2D eigenvalue weighted by Gasteiger charge is 2.01. The van der Waals surface area contributed by atoms with Crippen molar-refractivity contribution in [3.8, 4) is 0 Å². The number of fused-ring (bicyclic) bond motifs is 1. The third-order valence-corrected chi connectivity index (χ3v) is 2.82. The lowest BCUT2D eigenvalue weighted by molar-refractivity contribution is 0.564. The van der Waals surface area contributed by atoms with E-state index >= 15 is 0 Å². The minimum atomic E-state index is -0.0807. The van der Waals surface area contributed by atoms with E-state index in [2.05, 4.69) is 10.3 Å². The van der Waals surface area contributed by atoms with Crippen LogP contribution >= 0.6 is 0 Å². The lowest BCUT2D eigenvalue weighted by atomic mass is 10.2. The van der Waals surface area contributed by atoms with Crippen LogP contribution in [-0.4, -0.2) is 4.98 Å². The molecule has 0 saturated carbocycles. The summed E-state index contributed by atoms with van der Waals surface area (Å²) in [6.07, 6.45) is 3.30. The number of anilines is 1. The molecule has 0 aliphatic heterocycles. The van der Waals surface area contributed by atoms with Crippen LogP contribution in [0.25, 0.3) is 10.8 Å². The van der Waals surface area contributed by atoms with Gasteiger partial charge >= 0.3 is 0 Å². The van der Waals surface area contributed by atoms with E-state index in [1.807, 2.05) is 36.4 Å². The van der Waals surface area contributed by atoms with Gasteiger partial charge in [0.05, 0.1) is 12.5 Å². The molecule has 0 aliphatic carbocycles. The molecule has 0 spiro atoms. The molecule has 0 aliphatic rings. The SMILES string of the molecule is O=c1[nH]c(NCc2ccoc2)cc2ccccc12. The number of furan rings is 1. The molecule has 4 nitrogen and oxygen atoms in total. The molecular weight excluding hydrogens is 228 g/mol. The Balaban J connectivity index is 1.91. The maximum atomic E-state index is 11.8. The van der Waals surface area contributed by atoms with Gasteiger partial charge in [-0.15, -0.1) is 0 Å². The fourth-order valence-corrected chi connectivity index (χ4v) is 1.90. The zero-order chi connectivity index (χ0) is 12.4. The molecule has 1 aromatic carbocycles. The molecule has 0 radical (unpaired) electrons. The fraction of sp³-hybridized carbons (Fsp3) is 0.0714. The third kappa shape index (κ3) is 2.00. The van der Waals surface area contributed by atoms with Crippen molar-refractivity contribution in [2.45, 2.75) is 6.54 Å². The van der Waals surface area contributed by atoms with Crippen LogP contribution in [0.1, 0.15) is 5.56 Å². The van der Waals surface area contributed by atoms with E-state index in [9.17, 15) is 4.79 Å². The number of nitrogens with one attached hydrogen (secondary N) is 2. The Morgan fingerprint density at radius 2 is 2.11 bits per heavy atom. The highest BCUT2D eigenvalue weighted by molar-refractivity contribution is 5.83. The molecule has 0 amide bonds. The van der Waals surface area contributed by atoms with Gasteiger partial charge in [-0.2, -0.15) is 0 Å². The highest BCUT2D eigenvalue weighted by Crippen LogP contribution is 2.13. The van der Waals surface area contributed by atoms with Crippen molar-refractivity contribution in [1.29, 1.82) is 0 Å². The monoisotopic (exact) mass is 240 g/mol. The van der Waals surface area contributed by atoms with Crippen LogP contribution in [0.5, 0.6) is 0 Å². The molecule has 0 fully saturated rings. The van der Waals surface area contributed by atoms with Crippen LogP contribution in [0.4, 0.5) is 5.82 Å². The summed E-state index contributed by atoms with van der Waals surface area (Å²) >= 11 is 0. The molecule has 2 N–H and O–H groups in total. The standard InChI is InChI=1S/C14H12N2O2/c17-14-12-4-2-1-3-11(12)7-13(16-14)15-8-10-5-6-18-9-10/h1-7,9H,8H2,(H2,15,16,17). The van der Waals surface area contributed by atoms with Crippen molar-refractivity contribution >= 4 is 16.6 Å². The molecule has 90 valence electrons. The van der Waals surface area contributed by atoms with Crippen molar-refractivity contribution in [2.75, 3.05) is 5.32 Å². The molecule has 4 heteroatoms. The van der Waals surface area contributed by atoms with Gasteiger partial charge in [0.15, 0.2) is 0 Å². The van der Waals surface area contributed by atoms with Gasteiger partial charge in [0.2, 0.25) is 0 Å². The first-order valence-electron chi connectivity index (χ1n) is 5.70. The Morgan fingerprint density at radius 1 is 1.22 bits per heavy atom.